The first-order valence-electron chi connectivity index (χ1n) is 12.5. The van der Waals surface area contributed by atoms with Crippen molar-refractivity contribution in [1.82, 2.24) is 10.2 Å². The van der Waals surface area contributed by atoms with Gasteiger partial charge in [-0.15, -0.1) is 0 Å². The molecule has 0 unspecified atom stereocenters. The molecule has 0 bridgehead atoms. The molecule has 3 aromatic carbocycles. The van der Waals surface area contributed by atoms with E-state index < -0.39 is 0 Å². The van der Waals surface area contributed by atoms with Crippen molar-refractivity contribution in [3.05, 3.63) is 94.4 Å². The van der Waals surface area contributed by atoms with Gasteiger partial charge >= 0.3 is 0 Å². The van der Waals surface area contributed by atoms with Gasteiger partial charge in [-0.1, -0.05) is 54.2 Å². The number of carbonyl (C=O) groups excluding carboxylic acids is 2. The highest BCUT2D eigenvalue weighted by Gasteiger charge is 2.28. The second kappa shape index (κ2) is 11.2. The van der Waals surface area contributed by atoms with Gasteiger partial charge in [-0.3, -0.25) is 14.5 Å². The van der Waals surface area contributed by atoms with Gasteiger partial charge in [0.1, 0.15) is 5.75 Å². The number of nitrogens with one attached hydrogen (secondary N) is 1. The molecule has 1 fully saturated rings. The number of carbonyl (C=O) groups is 2. The van der Waals surface area contributed by atoms with E-state index in [4.69, 9.17) is 4.74 Å². The van der Waals surface area contributed by atoms with E-state index in [0.29, 0.717) is 10.5 Å². The van der Waals surface area contributed by atoms with Gasteiger partial charge in [-0.2, -0.15) is 0 Å². The summed E-state index contributed by atoms with van der Waals surface area (Å²) < 4.78 is 5.30. The molecular formula is C30H31N3O3S. The van der Waals surface area contributed by atoms with Crippen molar-refractivity contribution >= 4 is 35.3 Å². The number of benzene rings is 3. The molecule has 0 aliphatic carbocycles. The number of piperidine rings is 1. The minimum atomic E-state index is -0.0938. The first-order chi connectivity index (χ1) is 18.0. The molecular weight excluding hydrogens is 482 g/mol. The highest BCUT2D eigenvalue weighted by molar-refractivity contribution is 8.04. The van der Waals surface area contributed by atoms with E-state index >= 15 is 0 Å². The molecule has 37 heavy (non-hydrogen) atoms. The van der Waals surface area contributed by atoms with Crippen LogP contribution in [0.5, 0.6) is 5.75 Å². The fourth-order valence-corrected chi connectivity index (χ4v) is 5.86. The molecule has 6 nitrogen and oxygen atoms in total. The molecule has 1 N–H and O–H groups in total. The Kier molecular flexibility index (Phi) is 7.63. The summed E-state index contributed by atoms with van der Waals surface area (Å²) in [5.74, 6) is 0.561. The van der Waals surface area contributed by atoms with Gasteiger partial charge < -0.3 is 15.0 Å². The molecule has 190 valence electrons. The lowest BCUT2D eigenvalue weighted by atomic mass is 10.0. The first-order valence-corrected chi connectivity index (χ1v) is 13.3. The predicted octanol–water partition coefficient (Wildman–Crippen LogP) is 5.20. The molecule has 0 spiro atoms. The molecule has 7 heteroatoms. The average molecular weight is 514 g/mol. The van der Waals surface area contributed by atoms with Gasteiger partial charge in [0.2, 0.25) is 0 Å². The van der Waals surface area contributed by atoms with E-state index in [1.165, 1.54) is 17.3 Å². The summed E-state index contributed by atoms with van der Waals surface area (Å²) >= 11 is 1.43. The molecule has 1 saturated heterocycles. The third kappa shape index (κ3) is 5.89. The van der Waals surface area contributed by atoms with Crippen LogP contribution in [0.1, 0.15) is 34.3 Å². The van der Waals surface area contributed by atoms with Crippen LogP contribution in [0.2, 0.25) is 0 Å². The normalized spacial score (nSPS) is 17.5. The Morgan fingerprint density at radius 1 is 1.05 bits per heavy atom. The third-order valence-electron chi connectivity index (χ3n) is 6.88. The smallest absolute Gasteiger partial charge is 0.264 e. The van der Waals surface area contributed by atoms with Gasteiger partial charge in [0, 0.05) is 43.2 Å². The lowest BCUT2D eigenvalue weighted by Crippen LogP contribution is -2.44. The SMILES string of the molecule is COc1cccc(/C=C2/Sc3ccc(C(=O)NC4CCN(Cc5ccccc5)CC4)cc3N(C)C2=O)c1. The molecule has 3 aromatic rings. The standard InChI is InChI=1S/C30H31N3O3S/c1-32-26-19-23(29(34)31-24-13-15-33(16-14-24)20-21-7-4-3-5-8-21)11-12-27(26)37-28(30(32)35)18-22-9-6-10-25(17-22)36-2/h3-12,17-19,24H,13-16,20H2,1-2H3,(H,31,34)/b28-18+. The average Bonchev–Trinajstić information content (AvgIpc) is 2.93. The Balaban J connectivity index is 1.22. The van der Waals surface area contributed by atoms with Gasteiger partial charge in [0.25, 0.3) is 11.8 Å². The number of amides is 2. The van der Waals surface area contributed by atoms with Crippen LogP contribution in [0.15, 0.2) is 82.6 Å². The van der Waals surface area contributed by atoms with Crippen molar-refractivity contribution in [1.29, 1.82) is 0 Å². The highest BCUT2D eigenvalue weighted by atomic mass is 32.2. The quantitative estimate of drug-likeness (QED) is 0.459. The number of methoxy groups -OCH3 is 1. The minimum Gasteiger partial charge on any atom is -0.497 e. The molecule has 5 rings (SSSR count). The van der Waals surface area contributed by atoms with Crippen LogP contribution >= 0.6 is 11.8 Å². The Bertz CT molecular complexity index is 1320. The Morgan fingerprint density at radius 3 is 2.59 bits per heavy atom. The fourth-order valence-electron chi connectivity index (χ4n) is 4.76. The molecule has 2 heterocycles. The van der Waals surface area contributed by atoms with Crippen LogP contribution in [0.25, 0.3) is 6.08 Å². The van der Waals surface area contributed by atoms with E-state index in [-0.39, 0.29) is 17.9 Å². The van der Waals surface area contributed by atoms with Crippen molar-refractivity contribution in [2.75, 3.05) is 32.1 Å². The lowest BCUT2D eigenvalue weighted by molar-refractivity contribution is -0.114. The van der Waals surface area contributed by atoms with Crippen molar-refractivity contribution in [2.45, 2.75) is 30.3 Å². The van der Waals surface area contributed by atoms with Crippen LogP contribution in [0, 0.1) is 0 Å². The topological polar surface area (TPSA) is 61.9 Å². The lowest BCUT2D eigenvalue weighted by Gasteiger charge is -2.32. The fraction of sp³-hybridized carbons (Fsp3) is 0.267. The summed E-state index contributed by atoms with van der Waals surface area (Å²) in [6, 6.07) is 23.9. The molecule has 0 atom stereocenters. The van der Waals surface area contributed by atoms with Crippen LogP contribution in [-0.2, 0) is 11.3 Å². The number of fused-ring (bicyclic) bond motifs is 1. The van der Waals surface area contributed by atoms with Crippen molar-refractivity contribution in [3.63, 3.8) is 0 Å². The second-order valence-electron chi connectivity index (χ2n) is 9.44. The van der Waals surface area contributed by atoms with E-state index in [9.17, 15) is 9.59 Å². The molecule has 0 aromatic heterocycles. The number of likely N-dealkylation sites (tertiary alicyclic amines) is 1. The molecule has 0 saturated carbocycles. The van der Waals surface area contributed by atoms with Crippen molar-refractivity contribution < 1.29 is 14.3 Å². The number of thioether (sulfide) groups is 1. The summed E-state index contributed by atoms with van der Waals surface area (Å²) in [7, 11) is 3.38. The van der Waals surface area contributed by atoms with Crippen LogP contribution < -0.4 is 15.0 Å². The molecule has 0 radical (unpaired) electrons. The van der Waals surface area contributed by atoms with Gasteiger partial charge in [0.15, 0.2) is 0 Å². The summed E-state index contributed by atoms with van der Waals surface area (Å²) in [6.07, 6.45) is 3.73. The largest absolute Gasteiger partial charge is 0.497 e. The number of ether oxygens (including phenoxy) is 1. The number of anilines is 1. The number of hydrogen-bond acceptors (Lipinski definition) is 5. The summed E-state index contributed by atoms with van der Waals surface area (Å²) in [6.45, 7) is 2.86. The molecule has 2 aliphatic rings. The summed E-state index contributed by atoms with van der Waals surface area (Å²) in [5, 5.41) is 3.21. The minimum absolute atomic E-state index is 0.0899. The van der Waals surface area contributed by atoms with E-state index in [0.717, 1.165) is 54.4 Å². The van der Waals surface area contributed by atoms with Crippen LogP contribution in [0.4, 0.5) is 5.69 Å². The number of likely N-dealkylation sites (N-methyl/N-ethyl adjacent to an activating group) is 1. The summed E-state index contributed by atoms with van der Waals surface area (Å²) in [4.78, 5) is 31.8. The van der Waals surface area contributed by atoms with E-state index in [1.807, 2.05) is 54.6 Å². The second-order valence-corrected chi connectivity index (χ2v) is 10.5. The van der Waals surface area contributed by atoms with E-state index in [2.05, 4.69) is 34.5 Å². The maximum absolute atomic E-state index is 13.1. The number of hydrogen-bond donors (Lipinski definition) is 1. The number of nitrogens with zero attached hydrogens (tertiary/aromatic N) is 2. The van der Waals surface area contributed by atoms with Gasteiger partial charge in [-0.05, 0) is 60.4 Å². The maximum Gasteiger partial charge on any atom is 0.264 e. The highest BCUT2D eigenvalue weighted by Crippen LogP contribution is 2.42. The monoisotopic (exact) mass is 513 g/mol. The number of rotatable bonds is 6. The van der Waals surface area contributed by atoms with Crippen LogP contribution in [0.3, 0.4) is 0 Å². The first kappa shape index (κ1) is 25.1. The van der Waals surface area contributed by atoms with Crippen LogP contribution in [-0.4, -0.2) is 50.0 Å². The zero-order valence-corrected chi connectivity index (χ0v) is 22.0. The van der Waals surface area contributed by atoms with E-state index in [1.54, 1.807) is 19.1 Å². The van der Waals surface area contributed by atoms with Gasteiger partial charge in [0.05, 0.1) is 17.7 Å². The van der Waals surface area contributed by atoms with Crippen molar-refractivity contribution in [3.8, 4) is 5.75 Å². The maximum atomic E-state index is 13.1. The van der Waals surface area contributed by atoms with Crippen molar-refractivity contribution in [2.24, 2.45) is 0 Å². The molecule has 2 amide bonds. The Labute approximate surface area is 222 Å². The zero-order valence-electron chi connectivity index (χ0n) is 21.1. The Morgan fingerprint density at radius 2 is 1.84 bits per heavy atom. The zero-order chi connectivity index (χ0) is 25.8. The Hall–Kier alpha value is -3.55. The predicted molar refractivity (Wildman–Crippen MR) is 149 cm³/mol. The van der Waals surface area contributed by atoms with Gasteiger partial charge in [-0.25, -0.2) is 0 Å². The third-order valence-corrected chi connectivity index (χ3v) is 7.96. The summed E-state index contributed by atoms with van der Waals surface area (Å²) in [5.41, 5.74) is 3.55. The molecule has 2 aliphatic heterocycles.